The number of rotatable bonds is 5. The van der Waals surface area contributed by atoms with E-state index in [9.17, 15) is 14.9 Å². The van der Waals surface area contributed by atoms with Gasteiger partial charge in [-0.3, -0.25) is 14.9 Å². The maximum absolute atomic E-state index is 12.6. The van der Waals surface area contributed by atoms with Crippen LogP contribution in [0.1, 0.15) is 17.5 Å². The standard InChI is InChI=1S/C17H17BrN4O3/c1-11-2-4-12(5-3-11)10-21-7-6-14(17(21)23)20-16-15(22(24)25)8-13(18)9-19-16/h2-5,8-9,14H,6-7,10H2,1H3,(H,19,20). The molecule has 7 nitrogen and oxygen atoms in total. The second-order valence-corrected chi connectivity index (χ2v) is 6.93. The molecule has 0 bridgehead atoms. The first-order chi connectivity index (χ1) is 11.9. The molecule has 1 N–H and O–H groups in total. The van der Waals surface area contributed by atoms with E-state index < -0.39 is 11.0 Å². The van der Waals surface area contributed by atoms with Crippen LogP contribution in [0, 0.1) is 17.0 Å². The smallest absolute Gasteiger partial charge is 0.312 e. The number of carbonyl (C=O) groups excluding carboxylic acids is 1. The van der Waals surface area contributed by atoms with Crippen molar-refractivity contribution in [2.45, 2.75) is 25.9 Å². The number of amides is 1. The van der Waals surface area contributed by atoms with Crippen LogP contribution in [0.15, 0.2) is 41.0 Å². The second kappa shape index (κ2) is 7.18. The Balaban J connectivity index is 1.70. The van der Waals surface area contributed by atoms with Crippen molar-refractivity contribution in [2.24, 2.45) is 0 Å². The maximum Gasteiger partial charge on any atom is 0.312 e. The first-order valence-electron chi connectivity index (χ1n) is 7.85. The van der Waals surface area contributed by atoms with Crippen molar-refractivity contribution in [3.63, 3.8) is 0 Å². The Morgan fingerprint density at radius 2 is 2.12 bits per heavy atom. The van der Waals surface area contributed by atoms with Gasteiger partial charge in [0.05, 0.1) is 4.92 Å². The van der Waals surface area contributed by atoms with Gasteiger partial charge in [-0.2, -0.15) is 0 Å². The van der Waals surface area contributed by atoms with E-state index in [0.29, 0.717) is 24.0 Å². The van der Waals surface area contributed by atoms with Crippen LogP contribution in [0.3, 0.4) is 0 Å². The number of carbonyl (C=O) groups is 1. The lowest BCUT2D eigenvalue weighted by Crippen LogP contribution is -2.33. The van der Waals surface area contributed by atoms with Gasteiger partial charge in [0.15, 0.2) is 0 Å². The maximum atomic E-state index is 12.6. The van der Waals surface area contributed by atoms with E-state index in [4.69, 9.17) is 0 Å². The zero-order valence-corrected chi connectivity index (χ0v) is 15.2. The Kier molecular flexibility index (Phi) is 4.98. The molecule has 0 aliphatic carbocycles. The molecule has 8 heteroatoms. The summed E-state index contributed by atoms with van der Waals surface area (Å²) in [6.07, 6.45) is 2.05. The van der Waals surface area contributed by atoms with Crippen molar-refractivity contribution in [3.8, 4) is 0 Å². The molecule has 3 rings (SSSR count). The SMILES string of the molecule is Cc1ccc(CN2CCC(Nc3ncc(Br)cc3[N+](=O)[O-])C2=O)cc1. The minimum Gasteiger partial charge on any atom is -0.353 e. The fraction of sp³-hybridized carbons (Fsp3) is 0.294. The molecule has 2 heterocycles. The Bertz CT molecular complexity index is 810. The van der Waals surface area contributed by atoms with Crippen LogP contribution in [0.2, 0.25) is 0 Å². The van der Waals surface area contributed by atoms with E-state index in [2.05, 4.69) is 26.2 Å². The predicted octanol–water partition coefficient (Wildman–Crippen LogP) is 3.27. The Labute approximate surface area is 153 Å². The summed E-state index contributed by atoms with van der Waals surface area (Å²) in [4.78, 5) is 29.0. The highest BCUT2D eigenvalue weighted by atomic mass is 79.9. The zero-order chi connectivity index (χ0) is 18.0. The lowest BCUT2D eigenvalue weighted by atomic mass is 10.1. The van der Waals surface area contributed by atoms with E-state index >= 15 is 0 Å². The number of benzene rings is 1. The molecule has 2 aromatic rings. The quantitative estimate of drug-likeness (QED) is 0.609. The molecule has 1 aromatic carbocycles. The normalized spacial score (nSPS) is 17.0. The number of hydrogen-bond acceptors (Lipinski definition) is 5. The summed E-state index contributed by atoms with van der Waals surface area (Å²) >= 11 is 3.17. The van der Waals surface area contributed by atoms with Crippen molar-refractivity contribution in [3.05, 3.63) is 62.2 Å². The van der Waals surface area contributed by atoms with E-state index in [1.54, 1.807) is 4.90 Å². The number of halogens is 1. The predicted molar refractivity (Wildman–Crippen MR) is 97.2 cm³/mol. The van der Waals surface area contributed by atoms with Gasteiger partial charge >= 0.3 is 5.69 Å². The molecule has 1 aliphatic rings. The van der Waals surface area contributed by atoms with Gasteiger partial charge in [-0.15, -0.1) is 0 Å². The summed E-state index contributed by atoms with van der Waals surface area (Å²) in [6.45, 7) is 3.16. The van der Waals surface area contributed by atoms with Crippen molar-refractivity contribution in [1.29, 1.82) is 0 Å². The van der Waals surface area contributed by atoms with Gasteiger partial charge < -0.3 is 10.2 Å². The molecule has 0 spiro atoms. The average Bonchev–Trinajstić information content (AvgIpc) is 2.91. The van der Waals surface area contributed by atoms with Crippen molar-refractivity contribution in [1.82, 2.24) is 9.88 Å². The molecule has 1 amide bonds. The number of pyridine rings is 1. The average molecular weight is 405 g/mol. The summed E-state index contributed by atoms with van der Waals surface area (Å²) in [5.41, 5.74) is 2.08. The lowest BCUT2D eigenvalue weighted by molar-refractivity contribution is -0.384. The summed E-state index contributed by atoms with van der Waals surface area (Å²) < 4.78 is 0.517. The number of likely N-dealkylation sites (tertiary alicyclic amines) is 1. The van der Waals surface area contributed by atoms with Gasteiger partial charge in [0.2, 0.25) is 11.7 Å². The van der Waals surface area contributed by atoms with Crippen LogP contribution in [0.25, 0.3) is 0 Å². The monoisotopic (exact) mass is 404 g/mol. The van der Waals surface area contributed by atoms with Gasteiger partial charge in [-0.05, 0) is 34.8 Å². The van der Waals surface area contributed by atoms with Gasteiger partial charge in [0, 0.05) is 29.8 Å². The molecule has 1 saturated heterocycles. The van der Waals surface area contributed by atoms with E-state index in [-0.39, 0.29) is 17.4 Å². The molecule has 1 unspecified atom stereocenters. The van der Waals surface area contributed by atoms with Crippen molar-refractivity contribution >= 4 is 33.3 Å². The summed E-state index contributed by atoms with van der Waals surface area (Å²) in [6, 6.07) is 8.91. The summed E-state index contributed by atoms with van der Waals surface area (Å²) in [5, 5.41) is 14.1. The number of nitrogens with one attached hydrogen (secondary N) is 1. The van der Waals surface area contributed by atoms with Crippen LogP contribution in [0.4, 0.5) is 11.5 Å². The largest absolute Gasteiger partial charge is 0.353 e. The molecule has 0 saturated carbocycles. The van der Waals surface area contributed by atoms with Gasteiger partial charge in [0.1, 0.15) is 6.04 Å². The molecule has 0 radical (unpaired) electrons. The minimum absolute atomic E-state index is 0.0698. The fourth-order valence-corrected chi connectivity index (χ4v) is 3.11. The number of anilines is 1. The highest BCUT2D eigenvalue weighted by molar-refractivity contribution is 9.10. The van der Waals surface area contributed by atoms with Crippen LogP contribution in [-0.2, 0) is 11.3 Å². The van der Waals surface area contributed by atoms with Crippen molar-refractivity contribution < 1.29 is 9.72 Å². The molecule has 1 atom stereocenters. The number of nitro groups is 1. The molecule has 1 fully saturated rings. The summed E-state index contributed by atoms with van der Waals surface area (Å²) in [7, 11) is 0. The van der Waals surface area contributed by atoms with Crippen LogP contribution in [-0.4, -0.2) is 33.3 Å². The topological polar surface area (TPSA) is 88.4 Å². The van der Waals surface area contributed by atoms with Crippen LogP contribution in [0.5, 0.6) is 0 Å². The molecule has 1 aliphatic heterocycles. The first kappa shape index (κ1) is 17.3. The third kappa shape index (κ3) is 3.96. The second-order valence-electron chi connectivity index (χ2n) is 6.01. The van der Waals surface area contributed by atoms with Gasteiger partial charge in [0.25, 0.3) is 0 Å². The molecular weight excluding hydrogens is 388 g/mol. The highest BCUT2D eigenvalue weighted by Gasteiger charge is 2.33. The zero-order valence-electron chi connectivity index (χ0n) is 13.6. The number of nitrogens with zero attached hydrogens (tertiary/aromatic N) is 3. The number of hydrogen-bond donors (Lipinski definition) is 1. The van der Waals surface area contributed by atoms with Crippen molar-refractivity contribution in [2.75, 3.05) is 11.9 Å². The van der Waals surface area contributed by atoms with Gasteiger partial charge in [-0.1, -0.05) is 29.8 Å². The molecule has 25 heavy (non-hydrogen) atoms. The third-order valence-corrected chi connectivity index (χ3v) is 4.57. The molecule has 130 valence electrons. The van der Waals surface area contributed by atoms with Gasteiger partial charge in [-0.25, -0.2) is 4.98 Å². The van der Waals surface area contributed by atoms with Crippen LogP contribution >= 0.6 is 15.9 Å². The number of aromatic nitrogens is 1. The first-order valence-corrected chi connectivity index (χ1v) is 8.64. The Morgan fingerprint density at radius 3 is 2.80 bits per heavy atom. The lowest BCUT2D eigenvalue weighted by Gasteiger charge is -2.17. The fourth-order valence-electron chi connectivity index (χ4n) is 2.79. The Morgan fingerprint density at radius 1 is 1.40 bits per heavy atom. The van der Waals surface area contributed by atoms with E-state index in [0.717, 1.165) is 5.56 Å². The molecule has 1 aromatic heterocycles. The van der Waals surface area contributed by atoms with E-state index in [1.165, 1.54) is 17.8 Å². The molecular formula is C17H17BrN4O3. The minimum atomic E-state index is -0.510. The highest BCUT2D eigenvalue weighted by Crippen LogP contribution is 2.27. The van der Waals surface area contributed by atoms with E-state index in [1.807, 2.05) is 31.2 Å². The number of aryl methyl sites for hydroxylation is 1. The Hall–Kier alpha value is -2.48. The third-order valence-electron chi connectivity index (χ3n) is 4.13. The summed E-state index contributed by atoms with van der Waals surface area (Å²) in [5.74, 6) is 0.0447. The van der Waals surface area contributed by atoms with Crippen LogP contribution < -0.4 is 5.32 Å².